The van der Waals surface area contributed by atoms with Crippen LogP contribution in [0.1, 0.15) is 29.2 Å². The third-order valence-corrected chi connectivity index (χ3v) is 4.70. The van der Waals surface area contributed by atoms with E-state index in [1.165, 1.54) is 22.4 Å². The zero-order valence-electron chi connectivity index (χ0n) is 15.2. The lowest BCUT2D eigenvalue weighted by Gasteiger charge is -2.20. The van der Waals surface area contributed by atoms with Crippen LogP contribution in [0.5, 0.6) is 0 Å². The number of hydrogen-bond donors (Lipinski definition) is 2. The standard InChI is InChI=1S/C22H22F3NO.ClH/c23-22(24,25)19-9-4-8-18(15-19)21(12-14-27)26-13-11-17-7-3-6-16-5-1-2-10-20(16)17;/h1-10,15,21,26-27H,11-14H2;1H/t21-;/m1./s1. The molecule has 0 heterocycles. The van der Waals surface area contributed by atoms with Gasteiger partial charge in [0, 0.05) is 12.6 Å². The highest BCUT2D eigenvalue weighted by Crippen LogP contribution is 2.31. The topological polar surface area (TPSA) is 32.3 Å². The minimum absolute atomic E-state index is 0. The second-order valence-electron chi connectivity index (χ2n) is 6.53. The fraction of sp³-hybridized carbons (Fsp3) is 0.273. The summed E-state index contributed by atoms with van der Waals surface area (Å²) in [6, 6.07) is 19.2. The van der Waals surface area contributed by atoms with E-state index in [1.54, 1.807) is 6.07 Å². The Labute approximate surface area is 168 Å². The van der Waals surface area contributed by atoms with Gasteiger partial charge in [-0.25, -0.2) is 0 Å². The van der Waals surface area contributed by atoms with Crippen molar-refractivity contribution in [3.8, 4) is 0 Å². The van der Waals surface area contributed by atoms with Crippen molar-refractivity contribution in [3.05, 3.63) is 83.4 Å². The van der Waals surface area contributed by atoms with E-state index >= 15 is 0 Å². The van der Waals surface area contributed by atoms with E-state index in [2.05, 4.69) is 29.6 Å². The molecule has 6 heteroatoms. The van der Waals surface area contributed by atoms with Gasteiger partial charge >= 0.3 is 6.18 Å². The van der Waals surface area contributed by atoms with E-state index < -0.39 is 11.7 Å². The molecule has 0 amide bonds. The molecule has 0 aliphatic carbocycles. The smallest absolute Gasteiger partial charge is 0.396 e. The number of fused-ring (bicyclic) bond motifs is 1. The highest BCUT2D eigenvalue weighted by atomic mass is 35.5. The van der Waals surface area contributed by atoms with Crippen LogP contribution in [0.2, 0.25) is 0 Å². The van der Waals surface area contributed by atoms with E-state index in [-0.39, 0.29) is 25.1 Å². The van der Waals surface area contributed by atoms with Crippen molar-refractivity contribution < 1.29 is 18.3 Å². The summed E-state index contributed by atoms with van der Waals surface area (Å²) < 4.78 is 38.9. The molecule has 3 rings (SSSR count). The van der Waals surface area contributed by atoms with E-state index in [9.17, 15) is 18.3 Å². The molecule has 2 nitrogen and oxygen atoms in total. The van der Waals surface area contributed by atoms with Gasteiger partial charge in [-0.15, -0.1) is 12.4 Å². The molecule has 0 saturated heterocycles. The van der Waals surface area contributed by atoms with Gasteiger partial charge in [-0.1, -0.05) is 54.6 Å². The Kier molecular flexibility index (Phi) is 7.87. The molecule has 0 unspecified atom stereocenters. The van der Waals surface area contributed by atoms with Gasteiger partial charge in [-0.05, 0) is 53.4 Å². The van der Waals surface area contributed by atoms with E-state index in [1.807, 2.05) is 18.2 Å². The van der Waals surface area contributed by atoms with Crippen molar-refractivity contribution in [1.29, 1.82) is 0 Å². The van der Waals surface area contributed by atoms with Crippen LogP contribution >= 0.6 is 12.4 Å². The quantitative estimate of drug-likeness (QED) is 0.537. The normalized spacial score (nSPS) is 12.6. The van der Waals surface area contributed by atoms with Gasteiger partial charge in [-0.3, -0.25) is 0 Å². The highest BCUT2D eigenvalue weighted by Gasteiger charge is 2.30. The maximum absolute atomic E-state index is 13.0. The van der Waals surface area contributed by atoms with Gasteiger partial charge in [0.15, 0.2) is 0 Å². The fourth-order valence-electron chi connectivity index (χ4n) is 3.34. The number of alkyl halides is 3. The molecule has 0 fully saturated rings. The lowest BCUT2D eigenvalue weighted by atomic mass is 10.00. The SMILES string of the molecule is Cl.OCC[C@@H](NCCc1cccc2ccccc12)c1cccc(C(F)(F)F)c1. The molecule has 0 spiro atoms. The molecule has 0 radical (unpaired) electrons. The monoisotopic (exact) mass is 409 g/mol. The second kappa shape index (κ2) is 9.92. The number of nitrogens with one attached hydrogen (secondary N) is 1. The summed E-state index contributed by atoms with van der Waals surface area (Å²) in [5.41, 5.74) is 1.06. The Morgan fingerprint density at radius 1 is 0.929 bits per heavy atom. The molecule has 0 bridgehead atoms. The molecule has 1 atom stereocenters. The number of halogens is 4. The molecule has 0 aliphatic rings. The van der Waals surface area contributed by atoms with Crippen LogP contribution in [-0.4, -0.2) is 18.3 Å². The molecule has 2 N–H and O–H groups in total. The summed E-state index contributed by atoms with van der Waals surface area (Å²) >= 11 is 0. The number of rotatable bonds is 7. The maximum atomic E-state index is 13.0. The first-order valence-corrected chi connectivity index (χ1v) is 8.97. The van der Waals surface area contributed by atoms with Crippen molar-refractivity contribution in [2.75, 3.05) is 13.2 Å². The Balaban J connectivity index is 0.00000280. The first-order valence-electron chi connectivity index (χ1n) is 8.97. The molecular weight excluding hydrogens is 387 g/mol. The van der Waals surface area contributed by atoms with Crippen LogP contribution < -0.4 is 5.32 Å². The molecular formula is C22H23ClF3NO. The van der Waals surface area contributed by atoms with Gasteiger partial charge in [0.05, 0.1) is 5.56 Å². The van der Waals surface area contributed by atoms with Gasteiger partial charge in [-0.2, -0.15) is 13.2 Å². The van der Waals surface area contributed by atoms with Gasteiger partial charge < -0.3 is 10.4 Å². The minimum atomic E-state index is -4.37. The number of aliphatic hydroxyl groups excluding tert-OH is 1. The highest BCUT2D eigenvalue weighted by molar-refractivity contribution is 5.86. The summed E-state index contributed by atoms with van der Waals surface area (Å²) in [6.45, 7) is 0.511. The zero-order valence-corrected chi connectivity index (χ0v) is 16.1. The Bertz CT molecular complexity index is 893. The average Bonchev–Trinajstić information content (AvgIpc) is 2.67. The van der Waals surface area contributed by atoms with E-state index in [4.69, 9.17) is 0 Å². The maximum Gasteiger partial charge on any atom is 0.416 e. The molecule has 0 aromatic heterocycles. The molecule has 3 aromatic carbocycles. The Hall–Kier alpha value is -2.08. The first-order chi connectivity index (χ1) is 13.0. The van der Waals surface area contributed by atoms with Gasteiger partial charge in [0.25, 0.3) is 0 Å². The number of aliphatic hydroxyl groups is 1. The van der Waals surface area contributed by atoms with Crippen LogP contribution in [0.3, 0.4) is 0 Å². The molecule has 3 aromatic rings. The Morgan fingerprint density at radius 2 is 1.64 bits per heavy atom. The van der Waals surface area contributed by atoms with Crippen LogP contribution in [0.15, 0.2) is 66.7 Å². The zero-order chi connectivity index (χ0) is 19.3. The summed E-state index contributed by atoms with van der Waals surface area (Å²) in [5.74, 6) is 0. The predicted molar refractivity (Wildman–Crippen MR) is 109 cm³/mol. The molecule has 150 valence electrons. The van der Waals surface area contributed by atoms with Crippen molar-refractivity contribution in [2.45, 2.75) is 25.1 Å². The van der Waals surface area contributed by atoms with Gasteiger partial charge in [0.2, 0.25) is 0 Å². The lowest BCUT2D eigenvalue weighted by Crippen LogP contribution is -2.25. The van der Waals surface area contributed by atoms with Crippen molar-refractivity contribution >= 4 is 23.2 Å². The van der Waals surface area contributed by atoms with Crippen LogP contribution in [-0.2, 0) is 12.6 Å². The second-order valence-corrected chi connectivity index (χ2v) is 6.53. The summed E-state index contributed by atoms with van der Waals surface area (Å²) in [7, 11) is 0. The number of benzene rings is 3. The fourth-order valence-corrected chi connectivity index (χ4v) is 3.34. The van der Waals surface area contributed by atoms with Crippen molar-refractivity contribution in [1.82, 2.24) is 5.32 Å². The van der Waals surface area contributed by atoms with Crippen molar-refractivity contribution in [3.63, 3.8) is 0 Å². The summed E-state index contributed by atoms with van der Waals surface area (Å²) in [5, 5.41) is 15.0. The van der Waals surface area contributed by atoms with Crippen LogP contribution in [0, 0.1) is 0 Å². The molecule has 0 saturated carbocycles. The van der Waals surface area contributed by atoms with Crippen LogP contribution in [0.4, 0.5) is 13.2 Å². The van der Waals surface area contributed by atoms with Crippen molar-refractivity contribution in [2.24, 2.45) is 0 Å². The lowest BCUT2D eigenvalue weighted by molar-refractivity contribution is -0.137. The Morgan fingerprint density at radius 3 is 2.39 bits per heavy atom. The van der Waals surface area contributed by atoms with Crippen LogP contribution in [0.25, 0.3) is 10.8 Å². The van der Waals surface area contributed by atoms with E-state index in [0.717, 1.165) is 18.6 Å². The minimum Gasteiger partial charge on any atom is -0.396 e. The molecule has 0 aliphatic heterocycles. The molecule has 28 heavy (non-hydrogen) atoms. The first kappa shape index (κ1) is 22.2. The third-order valence-electron chi connectivity index (χ3n) is 4.70. The van der Waals surface area contributed by atoms with Gasteiger partial charge in [0.1, 0.15) is 0 Å². The third kappa shape index (κ3) is 5.47. The number of hydrogen-bond acceptors (Lipinski definition) is 2. The average molecular weight is 410 g/mol. The summed E-state index contributed by atoms with van der Waals surface area (Å²) in [6.07, 6.45) is -3.26. The summed E-state index contributed by atoms with van der Waals surface area (Å²) in [4.78, 5) is 0. The van der Waals surface area contributed by atoms with E-state index in [0.29, 0.717) is 18.5 Å². The predicted octanol–water partition coefficient (Wildman–Crippen LogP) is 5.54. The largest absolute Gasteiger partial charge is 0.416 e.